The number of anilines is 1. The van der Waals surface area contributed by atoms with Gasteiger partial charge in [0.25, 0.3) is 0 Å². The summed E-state index contributed by atoms with van der Waals surface area (Å²) in [6.45, 7) is 5.68. The molecular formula is C26H40N6O2. The van der Waals surface area contributed by atoms with Crippen LogP contribution in [0, 0.1) is 17.8 Å². The summed E-state index contributed by atoms with van der Waals surface area (Å²) in [7, 11) is 0. The third-order valence-electron chi connectivity index (χ3n) is 8.53. The summed E-state index contributed by atoms with van der Waals surface area (Å²) in [5, 5.41) is 11.9. The number of piperidine rings is 1. The molecule has 0 radical (unpaired) electrons. The number of rotatable bonds is 8. The van der Waals surface area contributed by atoms with E-state index >= 15 is 0 Å². The molecule has 1 saturated heterocycles. The van der Waals surface area contributed by atoms with Gasteiger partial charge in [0.2, 0.25) is 5.91 Å². The molecule has 0 spiro atoms. The molecule has 3 N–H and O–H groups in total. The quantitative estimate of drug-likeness (QED) is 0.618. The lowest BCUT2D eigenvalue weighted by atomic mass is 9.82. The van der Waals surface area contributed by atoms with Gasteiger partial charge >= 0.3 is 0 Å². The Morgan fingerprint density at radius 3 is 2.65 bits per heavy atom. The van der Waals surface area contributed by atoms with Crippen LogP contribution in [0.2, 0.25) is 0 Å². The van der Waals surface area contributed by atoms with Crippen LogP contribution >= 0.6 is 0 Å². The van der Waals surface area contributed by atoms with Gasteiger partial charge in [0.1, 0.15) is 17.8 Å². The van der Waals surface area contributed by atoms with Crippen LogP contribution in [0.4, 0.5) is 5.82 Å². The Morgan fingerprint density at radius 2 is 1.97 bits per heavy atom. The van der Waals surface area contributed by atoms with Gasteiger partial charge < -0.3 is 20.3 Å². The third kappa shape index (κ3) is 5.08. The summed E-state index contributed by atoms with van der Waals surface area (Å²) >= 11 is 0. The summed E-state index contributed by atoms with van der Waals surface area (Å²) in [6.07, 6.45) is 13.3. The Balaban J connectivity index is 1.32. The second-order valence-corrected chi connectivity index (χ2v) is 11.1. The average molecular weight is 469 g/mol. The van der Waals surface area contributed by atoms with Crippen molar-refractivity contribution < 1.29 is 9.90 Å². The highest BCUT2D eigenvalue weighted by Crippen LogP contribution is 2.36. The molecule has 2 aromatic rings. The van der Waals surface area contributed by atoms with Gasteiger partial charge in [-0.3, -0.25) is 9.69 Å². The zero-order chi connectivity index (χ0) is 23.7. The Kier molecular flexibility index (Phi) is 7.06. The van der Waals surface area contributed by atoms with Gasteiger partial charge in [0.05, 0.1) is 18.0 Å². The SMILES string of the molecule is C[C@H]1CC[C@H](CN(c2ncnc3c2ccn3C[C@@H]2CCN(CC(N)=O)C[C@H]2O)C2CCC2)CC1. The Hall–Kier alpha value is -2.19. The molecule has 0 unspecified atom stereocenters. The minimum atomic E-state index is -0.480. The van der Waals surface area contributed by atoms with E-state index in [1.54, 1.807) is 6.33 Å². The predicted octanol–water partition coefficient (Wildman–Crippen LogP) is 2.78. The van der Waals surface area contributed by atoms with Crippen molar-refractivity contribution in [1.29, 1.82) is 0 Å². The molecule has 2 saturated carbocycles. The van der Waals surface area contributed by atoms with Crippen molar-refractivity contribution in [1.82, 2.24) is 19.4 Å². The molecule has 34 heavy (non-hydrogen) atoms. The topological polar surface area (TPSA) is 101 Å². The van der Waals surface area contributed by atoms with Crippen molar-refractivity contribution in [3.05, 3.63) is 18.6 Å². The highest BCUT2D eigenvalue weighted by atomic mass is 16.3. The summed E-state index contributed by atoms with van der Waals surface area (Å²) in [6, 6.07) is 2.76. The highest BCUT2D eigenvalue weighted by Gasteiger charge is 2.32. The van der Waals surface area contributed by atoms with E-state index in [0.717, 1.165) is 54.7 Å². The lowest BCUT2D eigenvalue weighted by Gasteiger charge is -2.41. The van der Waals surface area contributed by atoms with Gasteiger partial charge in [-0.05, 0) is 63.0 Å². The largest absolute Gasteiger partial charge is 0.391 e. The van der Waals surface area contributed by atoms with E-state index in [1.165, 1.54) is 44.9 Å². The van der Waals surface area contributed by atoms with Crippen LogP contribution in [-0.4, -0.2) is 68.8 Å². The van der Waals surface area contributed by atoms with Crippen LogP contribution < -0.4 is 10.6 Å². The van der Waals surface area contributed by atoms with Gasteiger partial charge in [0, 0.05) is 37.8 Å². The lowest BCUT2D eigenvalue weighted by Crippen LogP contribution is -2.47. The number of hydrogen-bond acceptors (Lipinski definition) is 6. The van der Waals surface area contributed by atoms with Crippen molar-refractivity contribution in [2.75, 3.05) is 31.1 Å². The van der Waals surface area contributed by atoms with Crippen LogP contribution in [0.15, 0.2) is 18.6 Å². The van der Waals surface area contributed by atoms with Gasteiger partial charge in [-0.15, -0.1) is 0 Å². The molecule has 3 heterocycles. The zero-order valence-corrected chi connectivity index (χ0v) is 20.5. The van der Waals surface area contributed by atoms with Crippen LogP contribution in [0.3, 0.4) is 0 Å². The van der Waals surface area contributed by atoms with Gasteiger partial charge in [-0.1, -0.05) is 19.8 Å². The number of aromatic nitrogens is 3. The maximum atomic E-state index is 11.2. The predicted molar refractivity (Wildman–Crippen MR) is 133 cm³/mol. The normalized spacial score (nSPS) is 28.6. The van der Waals surface area contributed by atoms with Crippen molar-refractivity contribution in [3.63, 3.8) is 0 Å². The summed E-state index contributed by atoms with van der Waals surface area (Å²) in [5.74, 6) is 2.50. The standard InChI is InChI=1S/C26H40N6O2/c1-18-5-7-19(8-6-18)13-32(21-3-2-4-21)26-22-10-12-31(25(22)28-17-29-26)14-20-9-11-30(15-23(20)33)16-24(27)34/h10,12,17-21,23,33H,2-9,11,13-16H2,1H3,(H2,27,34)/t18-,19-,20-,23+/m0/s1. The number of amides is 1. The molecule has 186 valence electrons. The number of fused-ring (bicyclic) bond motifs is 1. The molecule has 8 heteroatoms. The summed E-state index contributed by atoms with van der Waals surface area (Å²) < 4.78 is 2.18. The van der Waals surface area contributed by atoms with E-state index in [-0.39, 0.29) is 18.4 Å². The first kappa shape index (κ1) is 23.5. The number of aliphatic hydroxyl groups is 1. The maximum absolute atomic E-state index is 11.2. The number of carbonyl (C=O) groups excluding carboxylic acids is 1. The molecule has 2 atom stereocenters. The first-order chi connectivity index (χ1) is 16.5. The van der Waals surface area contributed by atoms with E-state index in [4.69, 9.17) is 10.7 Å². The van der Waals surface area contributed by atoms with Crippen molar-refractivity contribution in [2.24, 2.45) is 23.5 Å². The highest BCUT2D eigenvalue weighted by molar-refractivity contribution is 5.88. The van der Waals surface area contributed by atoms with Crippen molar-refractivity contribution in [3.8, 4) is 0 Å². The molecule has 0 bridgehead atoms. The van der Waals surface area contributed by atoms with E-state index in [1.807, 2.05) is 4.90 Å². The number of likely N-dealkylation sites (tertiary alicyclic amines) is 1. The van der Waals surface area contributed by atoms with Crippen LogP contribution in [0.1, 0.15) is 58.3 Å². The molecule has 8 nitrogen and oxygen atoms in total. The van der Waals surface area contributed by atoms with Gasteiger partial charge in [0.15, 0.2) is 0 Å². The summed E-state index contributed by atoms with van der Waals surface area (Å²) in [5.41, 5.74) is 6.29. The van der Waals surface area contributed by atoms with Crippen LogP contribution in [0.25, 0.3) is 11.0 Å². The van der Waals surface area contributed by atoms with Gasteiger partial charge in [-0.2, -0.15) is 0 Å². The van der Waals surface area contributed by atoms with E-state index in [0.29, 0.717) is 12.6 Å². The molecule has 2 aromatic heterocycles. The number of nitrogens with two attached hydrogens (primary N) is 1. The fourth-order valence-electron chi connectivity index (χ4n) is 6.14. The number of hydrogen-bond donors (Lipinski definition) is 2. The molecular weight excluding hydrogens is 428 g/mol. The smallest absolute Gasteiger partial charge is 0.231 e. The Bertz CT molecular complexity index is 981. The zero-order valence-electron chi connectivity index (χ0n) is 20.5. The minimum Gasteiger partial charge on any atom is -0.391 e. The van der Waals surface area contributed by atoms with E-state index in [2.05, 4.69) is 33.6 Å². The average Bonchev–Trinajstić information content (AvgIpc) is 3.18. The number of primary amides is 1. The monoisotopic (exact) mass is 468 g/mol. The molecule has 2 aliphatic carbocycles. The Labute approximate surface area is 202 Å². The first-order valence-electron chi connectivity index (χ1n) is 13.2. The Morgan fingerprint density at radius 1 is 1.18 bits per heavy atom. The first-order valence-corrected chi connectivity index (χ1v) is 13.2. The fourth-order valence-corrected chi connectivity index (χ4v) is 6.14. The lowest BCUT2D eigenvalue weighted by molar-refractivity contribution is -0.120. The number of carbonyl (C=O) groups is 1. The third-order valence-corrected chi connectivity index (χ3v) is 8.53. The maximum Gasteiger partial charge on any atom is 0.231 e. The van der Waals surface area contributed by atoms with Crippen molar-refractivity contribution >= 4 is 22.8 Å². The molecule has 0 aromatic carbocycles. The molecule has 3 fully saturated rings. The number of aliphatic hydroxyl groups excluding tert-OH is 1. The molecule has 1 amide bonds. The minimum absolute atomic E-state index is 0.130. The second kappa shape index (κ2) is 10.2. The molecule has 3 aliphatic rings. The number of nitrogens with zero attached hydrogens (tertiary/aromatic N) is 5. The number of β-amino-alcohol motifs (C(OH)–C–C–N with tert-alkyl or cyclic N) is 1. The van der Waals surface area contributed by atoms with E-state index in [9.17, 15) is 9.90 Å². The van der Waals surface area contributed by atoms with Crippen LogP contribution in [-0.2, 0) is 11.3 Å². The molecule has 5 rings (SSSR count). The van der Waals surface area contributed by atoms with Crippen molar-refractivity contribution in [2.45, 2.75) is 77.0 Å². The summed E-state index contributed by atoms with van der Waals surface area (Å²) in [4.78, 5) is 25.2. The van der Waals surface area contributed by atoms with E-state index < -0.39 is 6.10 Å². The second-order valence-electron chi connectivity index (χ2n) is 11.1. The van der Waals surface area contributed by atoms with Crippen LogP contribution in [0.5, 0.6) is 0 Å². The van der Waals surface area contributed by atoms with Gasteiger partial charge in [-0.25, -0.2) is 9.97 Å². The fraction of sp³-hybridized carbons (Fsp3) is 0.731. The molecule has 1 aliphatic heterocycles.